The second kappa shape index (κ2) is 9.27. The first kappa shape index (κ1) is 21.1. The molecular formula is C24H25ClFNO2. The van der Waals surface area contributed by atoms with E-state index in [2.05, 4.69) is 37.0 Å². The van der Waals surface area contributed by atoms with Crippen LogP contribution in [0.3, 0.4) is 0 Å². The minimum atomic E-state index is -0.492. The zero-order valence-electron chi connectivity index (χ0n) is 17.2. The number of pyridine rings is 1. The third kappa shape index (κ3) is 4.38. The summed E-state index contributed by atoms with van der Waals surface area (Å²) in [6, 6.07) is 11.2. The molecule has 1 heterocycles. The quantitative estimate of drug-likeness (QED) is 0.439. The van der Waals surface area contributed by atoms with Gasteiger partial charge < -0.3 is 9.47 Å². The topological polar surface area (TPSA) is 31.4 Å². The van der Waals surface area contributed by atoms with Crippen molar-refractivity contribution >= 4 is 11.6 Å². The number of aryl methyl sites for hydroxylation is 3. The largest absolute Gasteiger partial charge is 0.496 e. The summed E-state index contributed by atoms with van der Waals surface area (Å²) in [5, 5.41) is 0.276. The second-order valence-electron chi connectivity index (χ2n) is 6.84. The Bertz CT molecular complexity index is 998. The van der Waals surface area contributed by atoms with E-state index in [0.29, 0.717) is 5.75 Å². The Morgan fingerprint density at radius 2 is 1.72 bits per heavy atom. The van der Waals surface area contributed by atoms with Gasteiger partial charge in [0.05, 0.1) is 17.8 Å². The lowest BCUT2D eigenvalue weighted by molar-refractivity contribution is 0.282. The fourth-order valence-corrected chi connectivity index (χ4v) is 3.59. The van der Waals surface area contributed by atoms with Crippen LogP contribution in [0.4, 0.5) is 4.39 Å². The van der Waals surface area contributed by atoms with Crippen molar-refractivity contribution in [2.75, 3.05) is 7.11 Å². The second-order valence-corrected chi connectivity index (χ2v) is 7.21. The summed E-state index contributed by atoms with van der Waals surface area (Å²) in [6.07, 6.45) is 3.56. The molecule has 3 nitrogen and oxygen atoms in total. The molecule has 0 spiro atoms. The molecule has 3 rings (SSSR count). The van der Waals surface area contributed by atoms with Gasteiger partial charge in [0.2, 0.25) is 0 Å². The zero-order chi connectivity index (χ0) is 21.0. The van der Waals surface area contributed by atoms with Crippen LogP contribution in [-0.2, 0) is 19.4 Å². The average Bonchev–Trinajstić information content (AvgIpc) is 2.75. The van der Waals surface area contributed by atoms with E-state index in [0.717, 1.165) is 35.2 Å². The van der Waals surface area contributed by atoms with Gasteiger partial charge in [-0.15, -0.1) is 0 Å². The van der Waals surface area contributed by atoms with Crippen molar-refractivity contribution in [3.05, 3.63) is 75.7 Å². The molecule has 0 aliphatic carbocycles. The third-order valence-corrected chi connectivity index (χ3v) is 5.50. The maximum Gasteiger partial charge on any atom is 0.174 e. The molecule has 0 saturated heterocycles. The molecule has 0 unspecified atom stereocenters. The molecule has 0 saturated carbocycles. The number of rotatable bonds is 7. The Hall–Kier alpha value is -2.59. The number of benzene rings is 2. The van der Waals surface area contributed by atoms with Gasteiger partial charge in [-0.2, -0.15) is 0 Å². The van der Waals surface area contributed by atoms with Crippen molar-refractivity contribution in [2.45, 2.75) is 40.2 Å². The van der Waals surface area contributed by atoms with Crippen LogP contribution in [0.15, 0.2) is 42.6 Å². The third-order valence-electron chi connectivity index (χ3n) is 5.03. The number of ether oxygens (including phenoxy) is 2. The molecule has 0 amide bonds. The van der Waals surface area contributed by atoms with Crippen LogP contribution in [0.1, 0.15) is 36.1 Å². The Morgan fingerprint density at radius 1 is 1.03 bits per heavy atom. The molecule has 29 heavy (non-hydrogen) atoms. The van der Waals surface area contributed by atoms with Crippen LogP contribution in [-0.4, -0.2) is 12.1 Å². The lowest BCUT2D eigenvalue weighted by atomic mass is 9.94. The molecule has 152 valence electrons. The number of aromatic nitrogens is 1. The van der Waals surface area contributed by atoms with E-state index in [9.17, 15) is 4.39 Å². The SMILES string of the molecule is CCc1cccc(CC)c1-c1cc(OC)c(COc2c(F)ccc(C)c2Cl)cn1. The number of methoxy groups -OCH3 is 1. The Labute approximate surface area is 176 Å². The molecule has 0 atom stereocenters. The van der Waals surface area contributed by atoms with E-state index in [1.807, 2.05) is 13.0 Å². The Balaban J connectivity index is 1.94. The minimum Gasteiger partial charge on any atom is -0.496 e. The van der Waals surface area contributed by atoms with Crippen molar-refractivity contribution in [2.24, 2.45) is 0 Å². The maximum absolute atomic E-state index is 14.1. The summed E-state index contributed by atoms with van der Waals surface area (Å²) in [6.45, 7) is 6.18. The summed E-state index contributed by atoms with van der Waals surface area (Å²) in [5.41, 5.74) is 5.98. The summed E-state index contributed by atoms with van der Waals surface area (Å²) >= 11 is 6.20. The standard InChI is InChI=1S/C24H25ClFNO2/c1-5-16-8-7-9-17(6-2)22(16)20-12-21(28-4)18(13-27-20)14-29-24-19(26)11-10-15(3)23(24)25/h7-13H,5-6,14H2,1-4H3. The van der Waals surface area contributed by atoms with E-state index in [4.69, 9.17) is 21.1 Å². The predicted octanol–water partition coefficient (Wildman–Crippen LogP) is 6.56. The first-order valence-corrected chi connectivity index (χ1v) is 10.1. The van der Waals surface area contributed by atoms with Crippen molar-refractivity contribution < 1.29 is 13.9 Å². The summed E-state index contributed by atoms with van der Waals surface area (Å²) < 4.78 is 25.4. The fraction of sp³-hybridized carbons (Fsp3) is 0.292. The molecule has 5 heteroatoms. The van der Waals surface area contributed by atoms with Crippen molar-refractivity contribution in [1.82, 2.24) is 4.98 Å². The molecule has 0 aliphatic rings. The summed E-state index contributed by atoms with van der Waals surface area (Å²) in [5.74, 6) is 0.197. The van der Waals surface area contributed by atoms with E-state index in [1.54, 1.807) is 19.4 Å². The van der Waals surface area contributed by atoms with Crippen LogP contribution in [0.5, 0.6) is 11.5 Å². The normalized spacial score (nSPS) is 10.8. The first-order valence-electron chi connectivity index (χ1n) is 9.71. The van der Waals surface area contributed by atoms with E-state index < -0.39 is 5.82 Å². The van der Waals surface area contributed by atoms with Crippen LogP contribution >= 0.6 is 11.6 Å². The van der Waals surface area contributed by atoms with E-state index in [1.165, 1.54) is 17.2 Å². The number of halogens is 2. The molecule has 2 aromatic carbocycles. The van der Waals surface area contributed by atoms with Crippen LogP contribution in [0.2, 0.25) is 5.02 Å². The summed E-state index contributed by atoms with van der Waals surface area (Å²) in [4.78, 5) is 4.66. The van der Waals surface area contributed by atoms with Gasteiger partial charge in [-0.3, -0.25) is 4.98 Å². The smallest absolute Gasteiger partial charge is 0.174 e. The highest BCUT2D eigenvalue weighted by Crippen LogP contribution is 2.34. The number of hydrogen-bond acceptors (Lipinski definition) is 3. The predicted molar refractivity (Wildman–Crippen MR) is 115 cm³/mol. The molecular weight excluding hydrogens is 389 g/mol. The fourth-order valence-electron chi connectivity index (χ4n) is 3.39. The van der Waals surface area contributed by atoms with Crippen LogP contribution in [0, 0.1) is 12.7 Å². The lowest BCUT2D eigenvalue weighted by Gasteiger charge is -2.16. The van der Waals surface area contributed by atoms with E-state index >= 15 is 0 Å². The number of nitrogens with zero attached hydrogens (tertiary/aromatic N) is 1. The molecule has 1 aromatic heterocycles. The molecule has 3 aromatic rings. The highest BCUT2D eigenvalue weighted by molar-refractivity contribution is 6.32. The van der Waals surface area contributed by atoms with Gasteiger partial charge in [0.25, 0.3) is 0 Å². The van der Waals surface area contributed by atoms with Crippen molar-refractivity contribution in [3.8, 4) is 22.8 Å². The average molecular weight is 414 g/mol. The van der Waals surface area contributed by atoms with Gasteiger partial charge in [0.1, 0.15) is 12.4 Å². The van der Waals surface area contributed by atoms with E-state index in [-0.39, 0.29) is 17.4 Å². The molecule has 0 N–H and O–H groups in total. The van der Waals surface area contributed by atoms with Crippen LogP contribution < -0.4 is 9.47 Å². The van der Waals surface area contributed by atoms with Crippen molar-refractivity contribution in [3.63, 3.8) is 0 Å². The molecule has 0 bridgehead atoms. The van der Waals surface area contributed by atoms with Gasteiger partial charge in [0.15, 0.2) is 11.6 Å². The number of hydrogen-bond donors (Lipinski definition) is 0. The lowest BCUT2D eigenvalue weighted by Crippen LogP contribution is -2.03. The summed E-state index contributed by atoms with van der Waals surface area (Å²) in [7, 11) is 1.61. The van der Waals surface area contributed by atoms with Gasteiger partial charge in [-0.1, -0.05) is 49.7 Å². The first-order chi connectivity index (χ1) is 14.0. The zero-order valence-corrected chi connectivity index (χ0v) is 17.9. The highest BCUT2D eigenvalue weighted by Gasteiger charge is 2.16. The monoisotopic (exact) mass is 413 g/mol. The van der Waals surface area contributed by atoms with Crippen LogP contribution in [0.25, 0.3) is 11.3 Å². The van der Waals surface area contributed by atoms with Gasteiger partial charge in [0, 0.05) is 23.4 Å². The molecule has 0 radical (unpaired) electrons. The Kier molecular flexibility index (Phi) is 6.75. The molecule has 0 aliphatic heterocycles. The van der Waals surface area contributed by atoms with Gasteiger partial charge in [-0.05, 0) is 42.5 Å². The minimum absolute atomic E-state index is 0.0439. The molecule has 0 fully saturated rings. The maximum atomic E-state index is 14.1. The van der Waals surface area contributed by atoms with Crippen molar-refractivity contribution in [1.29, 1.82) is 0 Å². The highest BCUT2D eigenvalue weighted by atomic mass is 35.5. The van der Waals surface area contributed by atoms with Gasteiger partial charge >= 0.3 is 0 Å². The Morgan fingerprint density at radius 3 is 2.34 bits per heavy atom. The van der Waals surface area contributed by atoms with Gasteiger partial charge in [-0.25, -0.2) is 4.39 Å².